The first kappa shape index (κ1) is 25.3. The smallest absolute Gasteiger partial charge is 0.320 e. The first-order chi connectivity index (χ1) is 17.4. The third-order valence-corrected chi connectivity index (χ3v) is 7.11. The van der Waals surface area contributed by atoms with Crippen LogP contribution in [0.4, 0.5) is 14.5 Å². The van der Waals surface area contributed by atoms with Gasteiger partial charge in [0.25, 0.3) is 11.8 Å². The molecule has 2 atom stereocenters. The summed E-state index contributed by atoms with van der Waals surface area (Å²) >= 11 is 0. The number of halogens is 2. The van der Waals surface area contributed by atoms with Crippen LogP contribution in [0.15, 0.2) is 30.3 Å². The highest BCUT2D eigenvalue weighted by atomic mass is 19.3. The van der Waals surface area contributed by atoms with Gasteiger partial charge in [0.1, 0.15) is 11.6 Å². The van der Waals surface area contributed by atoms with Crippen LogP contribution in [0, 0.1) is 0 Å². The molecule has 2 aromatic rings. The van der Waals surface area contributed by atoms with Gasteiger partial charge in [-0.15, -0.1) is 0 Å². The summed E-state index contributed by atoms with van der Waals surface area (Å²) in [4.78, 5) is 52.4. The number of piperidine rings is 2. The highest BCUT2D eigenvalue weighted by Gasteiger charge is 2.47. The van der Waals surface area contributed by atoms with E-state index in [4.69, 9.17) is 4.74 Å². The van der Waals surface area contributed by atoms with Gasteiger partial charge >= 0.3 is 5.97 Å². The summed E-state index contributed by atoms with van der Waals surface area (Å²) in [5, 5.41) is 3.37. The highest BCUT2D eigenvalue weighted by molar-refractivity contribution is 6.27. The van der Waals surface area contributed by atoms with Gasteiger partial charge in [-0.3, -0.25) is 34.3 Å². The van der Waals surface area contributed by atoms with E-state index in [-0.39, 0.29) is 37.6 Å². The number of rotatable bonds is 4. The van der Waals surface area contributed by atoms with E-state index in [0.29, 0.717) is 34.1 Å². The molecule has 37 heavy (non-hydrogen) atoms. The van der Waals surface area contributed by atoms with Crippen molar-refractivity contribution in [3.05, 3.63) is 41.5 Å². The molecule has 10 heteroatoms. The van der Waals surface area contributed by atoms with Crippen molar-refractivity contribution < 1.29 is 32.7 Å². The normalized spacial score (nSPS) is 23.9. The molecule has 0 saturated carbocycles. The van der Waals surface area contributed by atoms with E-state index < -0.39 is 41.9 Å². The lowest BCUT2D eigenvalue weighted by molar-refractivity contribution is -0.159. The standard InChI is InChI=1S/C27H29F2N3O5/c1-26(2,3)37-22(34)13-31-12-11-18(27(28,29)14-31)15-7-8-19-23-16(15)5-4-6-17(23)25(36)32(19)20-9-10-21(33)30-24(20)35/h4-8,18,20H,9-14H2,1-3H3,(H,30,33,35). The predicted molar refractivity (Wildman–Crippen MR) is 132 cm³/mol. The van der Waals surface area contributed by atoms with Crippen molar-refractivity contribution in [1.82, 2.24) is 10.2 Å². The Balaban J connectivity index is 1.44. The molecule has 8 nitrogen and oxygen atoms in total. The molecule has 0 bridgehead atoms. The number of benzene rings is 2. The molecule has 2 aromatic carbocycles. The minimum Gasteiger partial charge on any atom is -0.459 e. The number of carbonyl (C=O) groups excluding carboxylic acids is 4. The number of esters is 1. The second-order valence-electron chi connectivity index (χ2n) is 10.9. The van der Waals surface area contributed by atoms with Gasteiger partial charge in [0, 0.05) is 17.4 Å². The van der Waals surface area contributed by atoms with Crippen LogP contribution in [0.25, 0.3) is 10.8 Å². The lowest BCUT2D eigenvalue weighted by atomic mass is 9.83. The Morgan fingerprint density at radius 2 is 1.89 bits per heavy atom. The van der Waals surface area contributed by atoms with Crippen molar-refractivity contribution >= 4 is 40.2 Å². The second-order valence-corrected chi connectivity index (χ2v) is 10.9. The number of alkyl halides is 2. The average Bonchev–Trinajstić information content (AvgIpc) is 3.06. The quantitative estimate of drug-likeness (QED) is 0.498. The van der Waals surface area contributed by atoms with Gasteiger partial charge in [-0.1, -0.05) is 18.2 Å². The monoisotopic (exact) mass is 513 g/mol. The molecule has 2 unspecified atom stereocenters. The van der Waals surface area contributed by atoms with E-state index in [1.807, 2.05) is 0 Å². The average molecular weight is 514 g/mol. The van der Waals surface area contributed by atoms with Crippen LogP contribution in [0.5, 0.6) is 0 Å². The van der Waals surface area contributed by atoms with Gasteiger partial charge in [0.2, 0.25) is 11.8 Å². The first-order valence-corrected chi connectivity index (χ1v) is 12.4. The van der Waals surface area contributed by atoms with Crippen molar-refractivity contribution in [3.8, 4) is 0 Å². The molecule has 0 radical (unpaired) electrons. The zero-order valence-electron chi connectivity index (χ0n) is 21.0. The molecule has 196 valence electrons. The number of hydrogen-bond donors (Lipinski definition) is 1. The molecular weight excluding hydrogens is 484 g/mol. The van der Waals surface area contributed by atoms with Crippen LogP contribution in [0.3, 0.4) is 0 Å². The second kappa shape index (κ2) is 8.86. The van der Waals surface area contributed by atoms with Crippen LogP contribution >= 0.6 is 0 Å². The number of likely N-dealkylation sites (tertiary alicyclic amines) is 1. The third-order valence-electron chi connectivity index (χ3n) is 7.11. The summed E-state index contributed by atoms with van der Waals surface area (Å²) in [6, 6.07) is 7.41. The molecule has 0 aromatic heterocycles. The van der Waals surface area contributed by atoms with E-state index in [1.54, 1.807) is 51.1 Å². The van der Waals surface area contributed by atoms with Crippen molar-refractivity contribution in [2.45, 2.75) is 63.5 Å². The lowest BCUT2D eigenvalue weighted by Crippen LogP contribution is -2.53. The Morgan fingerprint density at radius 1 is 1.14 bits per heavy atom. The number of ether oxygens (including phenoxy) is 1. The van der Waals surface area contributed by atoms with Gasteiger partial charge in [-0.25, -0.2) is 8.78 Å². The maximum atomic E-state index is 15.5. The Morgan fingerprint density at radius 3 is 2.57 bits per heavy atom. The van der Waals surface area contributed by atoms with E-state index in [1.165, 1.54) is 9.80 Å². The summed E-state index contributed by atoms with van der Waals surface area (Å²) in [5.41, 5.74) is 0.575. The van der Waals surface area contributed by atoms with E-state index in [2.05, 4.69) is 5.32 Å². The SMILES string of the molecule is CC(C)(C)OC(=O)CN1CCC(c2ccc3c4c(cccc24)C(=O)N3C2CCC(=O)NC2=O)C(F)(F)C1. The summed E-state index contributed by atoms with van der Waals surface area (Å²) in [5.74, 6) is -6.08. The van der Waals surface area contributed by atoms with E-state index in [9.17, 15) is 19.2 Å². The molecule has 3 aliphatic rings. The largest absolute Gasteiger partial charge is 0.459 e. The third kappa shape index (κ3) is 4.58. The predicted octanol–water partition coefficient (Wildman–Crippen LogP) is 3.37. The zero-order chi connectivity index (χ0) is 26.7. The number of amides is 3. The fourth-order valence-corrected chi connectivity index (χ4v) is 5.66. The van der Waals surface area contributed by atoms with Gasteiger partial charge in [0.05, 0.1) is 24.7 Å². The molecule has 3 amide bonds. The fourth-order valence-electron chi connectivity index (χ4n) is 5.66. The molecular formula is C27H29F2N3O5. The maximum Gasteiger partial charge on any atom is 0.320 e. The lowest BCUT2D eigenvalue weighted by Gasteiger charge is -2.39. The van der Waals surface area contributed by atoms with Crippen LogP contribution in [-0.4, -0.2) is 65.8 Å². The first-order valence-electron chi connectivity index (χ1n) is 12.4. The topological polar surface area (TPSA) is 96.0 Å². The van der Waals surface area contributed by atoms with E-state index >= 15 is 8.78 Å². The van der Waals surface area contributed by atoms with Crippen molar-refractivity contribution in [1.29, 1.82) is 0 Å². The number of nitrogens with one attached hydrogen (secondary N) is 1. The maximum absolute atomic E-state index is 15.5. The minimum absolute atomic E-state index is 0.117. The minimum atomic E-state index is -3.12. The zero-order valence-corrected chi connectivity index (χ0v) is 21.0. The molecule has 1 N–H and O–H groups in total. The van der Waals surface area contributed by atoms with Crippen LogP contribution in [-0.2, 0) is 19.1 Å². The summed E-state index contributed by atoms with van der Waals surface area (Å²) in [6.45, 7) is 4.69. The highest BCUT2D eigenvalue weighted by Crippen LogP contribution is 2.47. The molecule has 3 heterocycles. The fraction of sp³-hybridized carbons (Fsp3) is 0.481. The van der Waals surface area contributed by atoms with Crippen LogP contribution in [0.1, 0.15) is 61.9 Å². The van der Waals surface area contributed by atoms with E-state index in [0.717, 1.165) is 0 Å². The summed E-state index contributed by atoms with van der Waals surface area (Å²) < 4.78 is 36.3. The Kier molecular flexibility index (Phi) is 6.05. The van der Waals surface area contributed by atoms with Crippen LogP contribution < -0.4 is 10.2 Å². The van der Waals surface area contributed by atoms with Crippen molar-refractivity contribution in [3.63, 3.8) is 0 Å². The molecule has 5 rings (SSSR count). The number of hydrogen-bond acceptors (Lipinski definition) is 6. The van der Waals surface area contributed by atoms with Crippen molar-refractivity contribution in [2.75, 3.05) is 24.5 Å². The summed E-state index contributed by atoms with van der Waals surface area (Å²) in [6.07, 6.45) is 0.437. The number of nitrogens with zero attached hydrogens (tertiary/aromatic N) is 2. The molecule has 3 aliphatic heterocycles. The Bertz CT molecular complexity index is 1320. The number of carbonyl (C=O) groups is 4. The van der Waals surface area contributed by atoms with Crippen LogP contribution in [0.2, 0.25) is 0 Å². The Labute approximate surface area is 212 Å². The molecule has 0 spiro atoms. The van der Waals surface area contributed by atoms with Gasteiger partial charge in [0.15, 0.2) is 0 Å². The molecule has 0 aliphatic carbocycles. The number of anilines is 1. The van der Waals surface area contributed by atoms with Gasteiger partial charge in [-0.05, 0) is 63.2 Å². The Hall–Kier alpha value is -3.40. The number of imide groups is 1. The molecule has 2 fully saturated rings. The van der Waals surface area contributed by atoms with Gasteiger partial charge < -0.3 is 4.74 Å². The van der Waals surface area contributed by atoms with Gasteiger partial charge in [-0.2, -0.15) is 0 Å². The summed E-state index contributed by atoms with van der Waals surface area (Å²) in [7, 11) is 0. The molecule has 2 saturated heterocycles. The van der Waals surface area contributed by atoms with Crippen molar-refractivity contribution in [2.24, 2.45) is 0 Å².